The van der Waals surface area contributed by atoms with E-state index < -0.39 is 5.60 Å². The van der Waals surface area contributed by atoms with Crippen LogP contribution in [-0.2, 0) is 11.3 Å². The molecule has 124 valence electrons. The second kappa shape index (κ2) is 6.40. The van der Waals surface area contributed by atoms with Gasteiger partial charge in [-0.25, -0.2) is 4.79 Å². The predicted octanol–water partition coefficient (Wildman–Crippen LogP) is 4.70. The van der Waals surface area contributed by atoms with Crippen LogP contribution in [-0.4, -0.2) is 16.6 Å². The van der Waals surface area contributed by atoms with Gasteiger partial charge in [0.1, 0.15) is 18.0 Å². The van der Waals surface area contributed by atoms with E-state index in [-0.39, 0.29) is 5.97 Å². The quantitative estimate of drug-likeness (QED) is 0.708. The highest BCUT2D eigenvalue weighted by molar-refractivity contribution is 6.04. The first kappa shape index (κ1) is 16.1. The lowest BCUT2D eigenvalue weighted by atomic mass is 10.1. The fourth-order valence-corrected chi connectivity index (χ4v) is 2.43. The van der Waals surface area contributed by atoms with Crippen molar-refractivity contribution in [3.8, 4) is 5.75 Å². The van der Waals surface area contributed by atoms with Gasteiger partial charge in [0.15, 0.2) is 0 Å². The summed E-state index contributed by atoms with van der Waals surface area (Å²) in [5, 5.41) is 0.801. The van der Waals surface area contributed by atoms with E-state index in [1.54, 1.807) is 6.20 Å². The molecule has 24 heavy (non-hydrogen) atoms. The number of rotatable bonds is 4. The van der Waals surface area contributed by atoms with Gasteiger partial charge < -0.3 is 14.5 Å². The molecule has 4 nitrogen and oxygen atoms in total. The summed E-state index contributed by atoms with van der Waals surface area (Å²) in [5.41, 5.74) is 1.97. The molecule has 1 aromatic heterocycles. The van der Waals surface area contributed by atoms with Gasteiger partial charge in [0, 0.05) is 17.1 Å². The van der Waals surface area contributed by atoms with Crippen molar-refractivity contribution in [1.82, 2.24) is 4.98 Å². The molecule has 0 amide bonds. The molecule has 0 atom stereocenters. The summed E-state index contributed by atoms with van der Waals surface area (Å²) in [6, 6.07) is 15.6. The van der Waals surface area contributed by atoms with Crippen LogP contribution in [0.3, 0.4) is 0 Å². The molecule has 1 N–H and O–H groups in total. The highest BCUT2D eigenvalue weighted by atomic mass is 16.6. The number of nitrogens with one attached hydrogen (secondary N) is 1. The Kier molecular flexibility index (Phi) is 4.30. The Labute approximate surface area is 141 Å². The maximum absolute atomic E-state index is 12.3. The summed E-state index contributed by atoms with van der Waals surface area (Å²) < 4.78 is 11.3. The molecule has 0 aliphatic rings. The summed E-state index contributed by atoms with van der Waals surface area (Å²) in [4.78, 5) is 15.4. The molecule has 1 heterocycles. The third-order valence-electron chi connectivity index (χ3n) is 3.52. The van der Waals surface area contributed by atoms with Crippen molar-refractivity contribution in [3.05, 3.63) is 65.9 Å². The van der Waals surface area contributed by atoms with E-state index in [0.717, 1.165) is 22.2 Å². The van der Waals surface area contributed by atoms with Crippen molar-refractivity contribution in [3.63, 3.8) is 0 Å². The third-order valence-corrected chi connectivity index (χ3v) is 3.52. The molecule has 0 saturated carbocycles. The molecule has 0 unspecified atom stereocenters. The average Bonchev–Trinajstić information content (AvgIpc) is 2.95. The number of hydrogen-bond acceptors (Lipinski definition) is 3. The van der Waals surface area contributed by atoms with Crippen molar-refractivity contribution in [2.75, 3.05) is 0 Å². The number of aromatic amines is 1. The van der Waals surface area contributed by atoms with E-state index in [9.17, 15) is 4.79 Å². The molecule has 0 saturated heterocycles. The van der Waals surface area contributed by atoms with Gasteiger partial charge in [-0.15, -0.1) is 0 Å². The second-order valence-electron chi connectivity index (χ2n) is 6.69. The number of carbonyl (C=O) groups excluding carboxylic acids is 1. The number of fused-ring (bicyclic) bond motifs is 1. The van der Waals surface area contributed by atoms with Crippen molar-refractivity contribution in [1.29, 1.82) is 0 Å². The number of benzene rings is 2. The predicted molar refractivity (Wildman–Crippen MR) is 94.2 cm³/mol. The Morgan fingerprint density at radius 2 is 1.83 bits per heavy atom. The summed E-state index contributed by atoms with van der Waals surface area (Å²) in [6.45, 7) is 6.05. The molecule has 0 aliphatic carbocycles. The maximum Gasteiger partial charge on any atom is 0.340 e. The lowest BCUT2D eigenvalue weighted by Gasteiger charge is -2.19. The third kappa shape index (κ3) is 3.77. The van der Waals surface area contributed by atoms with Crippen LogP contribution in [0.4, 0.5) is 0 Å². The van der Waals surface area contributed by atoms with Gasteiger partial charge in [-0.1, -0.05) is 30.3 Å². The maximum atomic E-state index is 12.3. The van der Waals surface area contributed by atoms with Crippen LogP contribution in [0.25, 0.3) is 10.9 Å². The molecular weight excluding hydrogens is 302 g/mol. The van der Waals surface area contributed by atoms with Crippen LogP contribution in [0.1, 0.15) is 36.7 Å². The van der Waals surface area contributed by atoms with Crippen molar-refractivity contribution < 1.29 is 14.3 Å². The van der Waals surface area contributed by atoms with E-state index in [1.165, 1.54) is 0 Å². The summed E-state index contributed by atoms with van der Waals surface area (Å²) >= 11 is 0. The first-order valence-corrected chi connectivity index (χ1v) is 7.93. The van der Waals surface area contributed by atoms with E-state index in [0.29, 0.717) is 12.2 Å². The zero-order chi connectivity index (χ0) is 17.2. The zero-order valence-corrected chi connectivity index (χ0v) is 14.1. The van der Waals surface area contributed by atoms with Crippen molar-refractivity contribution in [2.45, 2.75) is 33.0 Å². The van der Waals surface area contributed by atoms with Crippen molar-refractivity contribution in [2.24, 2.45) is 0 Å². The number of carbonyl (C=O) groups is 1. The van der Waals surface area contributed by atoms with Gasteiger partial charge in [0.25, 0.3) is 0 Å². The minimum atomic E-state index is -0.526. The zero-order valence-electron chi connectivity index (χ0n) is 14.1. The lowest BCUT2D eigenvalue weighted by molar-refractivity contribution is 0.00719. The van der Waals surface area contributed by atoms with Gasteiger partial charge >= 0.3 is 5.97 Å². The van der Waals surface area contributed by atoms with Gasteiger partial charge in [0.2, 0.25) is 0 Å². The number of hydrogen-bond donors (Lipinski definition) is 1. The molecule has 0 spiro atoms. The fraction of sp³-hybridized carbons (Fsp3) is 0.250. The van der Waals surface area contributed by atoms with E-state index >= 15 is 0 Å². The van der Waals surface area contributed by atoms with Gasteiger partial charge in [-0.05, 0) is 44.5 Å². The number of esters is 1. The molecular formula is C20H21NO3. The smallest absolute Gasteiger partial charge is 0.340 e. The Hall–Kier alpha value is -2.75. The van der Waals surface area contributed by atoms with Gasteiger partial charge in [-0.3, -0.25) is 0 Å². The minimum Gasteiger partial charge on any atom is -0.489 e. The van der Waals surface area contributed by atoms with E-state index in [4.69, 9.17) is 9.47 Å². The van der Waals surface area contributed by atoms with Gasteiger partial charge in [0.05, 0.1) is 5.56 Å². The Morgan fingerprint density at radius 3 is 2.54 bits per heavy atom. The highest BCUT2D eigenvalue weighted by Crippen LogP contribution is 2.26. The molecule has 3 rings (SSSR count). The molecule has 0 fully saturated rings. The number of aromatic nitrogens is 1. The fourth-order valence-electron chi connectivity index (χ4n) is 2.43. The van der Waals surface area contributed by atoms with Crippen LogP contribution >= 0.6 is 0 Å². The monoisotopic (exact) mass is 323 g/mol. The molecule has 4 heteroatoms. The normalized spacial score (nSPS) is 11.5. The number of ether oxygens (including phenoxy) is 2. The Balaban J connectivity index is 1.82. The average molecular weight is 323 g/mol. The van der Waals surface area contributed by atoms with E-state index in [2.05, 4.69) is 4.98 Å². The lowest BCUT2D eigenvalue weighted by Crippen LogP contribution is -2.23. The first-order chi connectivity index (χ1) is 11.4. The SMILES string of the molecule is CC(C)(C)OC(=O)c1c[nH]c2ccc(OCc3ccccc3)cc12. The highest BCUT2D eigenvalue weighted by Gasteiger charge is 2.20. The second-order valence-corrected chi connectivity index (χ2v) is 6.69. The minimum absolute atomic E-state index is 0.339. The Morgan fingerprint density at radius 1 is 1.08 bits per heavy atom. The topological polar surface area (TPSA) is 51.3 Å². The van der Waals surface area contributed by atoms with E-state index in [1.807, 2.05) is 69.3 Å². The molecule has 0 aliphatic heterocycles. The largest absolute Gasteiger partial charge is 0.489 e. The summed E-state index contributed by atoms with van der Waals surface area (Å²) in [6.07, 6.45) is 1.68. The molecule has 0 bridgehead atoms. The molecule has 0 radical (unpaired) electrons. The summed E-state index contributed by atoms with van der Waals surface area (Å²) in [7, 11) is 0. The number of H-pyrrole nitrogens is 1. The summed E-state index contributed by atoms with van der Waals surface area (Å²) in [5.74, 6) is 0.379. The van der Waals surface area contributed by atoms with Gasteiger partial charge in [-0.2, -0.15) is 0 Å². The van der Waals surface area contributed by atoms with Crippen LogP contribution in [0, 0.1) is 0 Å². The standard InChI is InChI=1S/C20H21NO3/c1-20(2,3)24-19(22)17-12-21-18-10-9-15(11-16(17)18)23-13-14-7-5-4-6-8-14/h4-12,21H,13H2,1-3H3. The first-order valence-electron chi connectivity index (χ1n) is 7.93. The van der Waals surface area contributed by atoms with Crippen LogP contribution < -0.4 is 4.74 Å². The molecule has 2 aromatic carbocycles. The van der Waals surface area contributed by atoms with Crippen LogP contribution in [0.2, 0.25) is 0 Å². The van der Waals surface area contributed by atoms with Crippen LogP contribution in [0.15, 0.2) is 54.7 Å². The molecule has 3 aromatic rings. The van der Waals surface area contributed by atoms with Crippen LogP contribution in [0.5, 0.6) is 5.75 Å². The Bertz CT molecular complexity index is 844. The van der Waals surface area contributed by atoms with Crippen molar-refractivity contribution >= 4 is 16.9 Å².